The second kappa shape index (κ2) is 3.71. The summed E-state index contributed by atoms with van der Waals surface area (Å²) < 4.78 is 61.2. The van der Waals surface area contributed by atoms with Gasteiger partial charge in [0, 0.05) is 18.0 Å². The van der Waals surface area contributed by atoms with Gasteiger partial charge in [-0.2, -0.15) is 13.2 Å². The first-order chi connectivity index (χ1) is 8.14. The Morgan fingerprint density at radius 3 is 2.44 bits per heavy atom. The van der Waals surface area contributed by atoms with Crippen molar-refractivity contribution in [3.05, 3.63) is 29.7 Å². The number of imidazole rings is 1. The maximum atomic E-state index is 12.4. The first-order valence-corrected chi connectivity index (χ1v) is 6.39. The minimum atomic E-state index is -5.32. The molecule has 0 amide bonds. The van der Waals surface area contributed by atoms with Gasteiger partial charge in [0.05, 0.1) is 10.6 Å². The molecule has 0 atom stereocenters. The van der Waals surface area contributed by atoms with E-state index < -0.39 is 20.2 Å². The summed E-state index contributed by atoms with van der Waals surface area (Å²) in [7, 11) is -5.32. The highest BCUT2D eigenvalue weighted by Gasteiger charge is 2.47. The van der Waals surface area contributed by atoms with Gasteiger partial charge < -0.3 is 4.40 Å². The van der Waals surface area contributed by atoms with Gasteiger partial charge in [-0.3, -0.25) is 0 Å². The van der Waals surface area contributed by atoms with Gasteiger partial charge in [-0.1, -0.05) is 0 Å². The molecule has 0 fully saturated rings. The zero-order chi connectivity index (χ0) is 13.7. The van der Waals surface area contributed by atoms with Crippen LogP contribution in [0.3, 0.4) is 0 Å². The number of hydrogen-bond donors (Lipinski definition) is 0. The van der Waals surface area contributed by atoms with Gasteiger partial charge in [-0.05, 0) is 19.9 Å². The van der Waals surface area contributed by atoms with E-state index in [9.17, 15) is 21.6 Å². The second-order valence-corrected chi connectivity index (χ2v) is 5.76. The van der Waals surface area contributed by atoms with Gasteiger partial charge in [0.15, 0.2) is 0 Å². The summed E-state index contributed by atoms with van der Waals surface area (Å²) in [5.41, 5.74) is -3.74. The van der Waals surface area contributed by atoms with Crippen molar-refractivity contribution in [1.29, 1.82) is 0 Å². The van der Waals surface area contributed by atoms with Gasteiger partial charge in [0.1, 0.15) is 5.65 Å². The minimum Gasteiger partial charge on any atom is -0.304 e. The molecule has 0 spiro atoms. The van der Waals surface area contributed by atoms with Crippen molar-refractivity contribution >= 4 is 15.5 Å². The van der Waals surface area contributed by atoms with Crippen LogP contribution in [0.1, 0.15) is 11.4 Å². The average Bonchev–Trinajstić information content (AvgIpc) is 2.53. The summed E-state index contributed by atoms with van der Waals surface area (Å²) in [5, 5.41) is 0. The van der Waals surface area contributed by atoms with E-state index in [1.165, 1.54) is 10.6 Å². The molecule has 2 rings (SSSR count). The maximum Gasteiger partial charge on any atom is 0.501 e. The molecule has 2 aromatic heterocycles. The van der Waals surface area contributed by atoms with E-state index in [-0.39, 0.29) is 5.65 Å². The Hall–Kier alpha value is -1.57. The molecule has 18 heavy (non-hydrogen) atoms. The van der Waals surface area contributed by atoms with E-state index in [0.717, 1.165) is 17.8 Å². The number of aromatic nitrogens is 2. The van der Waals surface area contributed by atoms with Crippen LogP contribution in [-0.4, -0.2) is 23.3 Å². The lowest BCUT2D eigenvalue weighted by Crippen LogP contribution is -2.23. The topological polar surface area (TPSA) is 51.4 Å². The maximum absolute atomic E-state index is 12.4. The smallest absolute Gasteiger partial charge is 0.304 e. The number of halogens is 3. The highest BCUT2D eigenvalue weighted by molar-refractivity contribution is 7.92. The largest absolute Gasteiger partial charge is 0.501 e. The fourth-order valence-corrected chi connectivity index (χ4v) is 2.33. The molecule has 0 aromatic carbocycles. The first kappa shape index (κ1) is 12.9. The number of alkyl halides is 3. The van der Waals surface area contributed by atoms with E-state index >= 15 is 0 Å². The van der Waals surface area contributed by atoms with Crippen molar-refractivity contribution in [2.24, 2.45) is 0 Å². The quantitative estimate of drug-likeness (QED) is 0.804. The lowest BCUT2D eigenvalue weighted by molar-refractivity contribution is -0.0435. The Kier molecular flexibility index (Phi) is 2.65. The van der Waals surface area contributed by atoms with Gasteiger partial charge in [0.2, 0.25) is 0 Å². The number of aryl methyl sites for hydroxylation is 2. The standard InChI is InChI=1S/C10H9F3N2O2S/c1-6-7(2)15-4-3-8(5-9(15)14-6)18(16,17)10(11,12)13/h3-5H,1-2H3. The molecule has 2 heterocycles. The molecule has 0 radical (unpaired) electrons. The fourth-order valence-electron chi connectivity index (χ4n) is 1.57. The number of rotatable bonds is 1. The zero-order valence-electron chi connectivity index (χ0n) is 9.49. The predicted molar refractivity (Wildman–Crippen MR) is 57.9 cm³/mol. The Morgan fingerprint density at radius 2 is 1.89 bits per heavy atom. The number of nitrogens with zero attached hydrogens (tertiary/aromatic N) is 2. The molecule has 98 valence electrons. The molecule has 0 aliphatic carbocycles. The Bertz CT molecular complexity index is 717. The zero-order valence-corrected chi connectivity index (χ0v) is 10.3. The van der Waals surface area contributed by atoms with E-state index in [1.807, 2.05) is 0 Å². The molecule has 0 saturated carbocycles. The van der Waals surface area contributed by atoms with Gasteiger partial charge in [-0.15, -0.1) is 0 Å². The molecule has 0 N–H and O–H groups in total. The number of fused-ring (bicyclic) bond motifs is 1. The third-order valence-electron chi connectivity index (χ3n) is 2.69. The van der Waals surface area contributed by atoms with Crippen molar-refractivity contribution in [1.82, 2.24) is 9.38 Å². The highest BCUT2D eigenvalue weighted by Crippen LogP contribution is 2.30. The van der Waals surface area contributed by atoms with Crippen LogP contribution in [0, 0.1) is 13.8 Å². The van der Waals surface area contributed by atoms with Crippen LogP contribution in [0.25, 0.3) is 5.65 Å². The molecule has 8 heteroatoms. The molecule has 0 unspecified atom stereocenters. The first-order valence-electron chi connectivity index (χ1n) is 4.91. The molecular weight excluding hydrogens is 269 g/mol. The van der Waals surface area contributed by atoms with Crippen LogP contribution in [0.4, 0.5) is 13.2 Å². The van der Waals surface area contributed by atoms with Crippen LogP contribution in [-0.2, 0) is 9.84 Å². The second-order valence-electron chi connectivity index (χ2n) is 3.82. The summed E-state index contributed by atoms with van der Waals surface area (Å²) in [6.45, 7) is 3.44. The SMILES string of the molecule is Cc1nc2cc(S(=O)(=O)C(F)(F)F)ccn2c1C. The van der Waals surface area contributed by atoms with Gasteiger partial charge in [-0.25, -0.2) is 13.4 Å². The van der Waals surface area contributed by atoms with Crippen LogP contribution in [0.5, 0.6) is 0 Å². The average molecular weight is 278 g/mol. The lowest BCUT2D eigenvalue weighted by Gasteiger charge is -2.08. The molecule has 0 aliphatic rings. The summed E-state index contributed by atoms with van der Waals surface area (Å²) in [6, 6.07) is 1.84. The summed E-state index contributed by atoms with van der Waals surface area (Å²) in [4.78, 5) is 3.20. The van der Waals surface area contributed by atoms with Crippen molar-refractivity contribution in [3.8, 4) is 0 Å². The van der Waals surface area contributed by atoms with Crippen LogP contribution < -0.4 is 0 Å². The fraction of sp³-hybridized carbons (Fsp3) is 0.300. The molecule has 0 saturated heterocycles. The van der Waals surface area contributed by atoms with Crippen molar-refractivity contribution in [3.63, 3.8) is 0 Å². The molecule has 4 nitrogen and oxygen atoms in total. The number of sulfone groups is 1. The monoisotopic (exact) mass is 278 g/mol. The summed E-state index contributed by atoms with van der Waals surface area (Å²) in [6.07, 6.45) is 1.27. The third kappa shape index (κ3) is 1.76. The van der Waals surface area contributed by atoms with Crippen molar-refractivity contribution in [2.45, 2.75) is 24.3 Å². The minimum absolute atomic E-state index is 0.176. The summed E-state index contributed by atoms with van der Waals surface area (Å²) >= 11 is 0. The highest BCUT2D eigenvalue weighted by atomic mass is 32.2. The Labute approximate surface area is 101 Å². The predicted octanol–water partition coefficient (Wildman–Crippen LogP) is 2.24. The van der Waals surface area contributed by atoms with Crippen molar-refractivity contribution < 1.29 is 21.6 Å². The number of pyridine rings is 1. The van der Waals surface area contributed by atoms with Crippen LogP contribution in [0.15, 0.2) is 23.2 Å². The van der Waals surface area contributed by atoms with E-state index in [1.54, 1.807) is 13.8 Å². The van der Waals surface area contributed by atoms with Gasteiger partial charge in [0.25, 0.3) is 9.84 Å². The molecule has 0 bridgehead atoms. The van der Waals surface area contributed by atoms with Crippen molar-refractivity contribution in [2.75, 3.05) is 0 Å². The third-order valence-corrected chi connectivity index (χ3v) is 4.17. The molecular formula is C10H9F3N2O2S. The Balaban J connectivity index is 2.69. The molecule has 2 aromatic rings. The number of hydrogen-bond acceptors (Lipinski definition) is 3. The van der Waals surface area contributed by atoms with E-state index in [2.05, 4.69) is 4.98 Å². The summed E-state index contributed by atoms with van der Waals surface area (Å²) in [5.74, 6) is 0. The Morgan fingerprint density at radius 1 is 1.28 bits per heavy atom. The van der Waals surface area contributed by atoms with Crippen LogP contribution in [0.2, 0.25) is 0 Å². The van der Waals surface area contributed by atoms with Gasteiger partial charge >= 0.3 is 5.51 Å². The normalized spacial score (nSPS) is 13.2. The lowest BCUT2D eigenvalue weighted by atomic mass is 10.4. The molecule has 0 aliphatic heterocycles. The van der Waals surface area contributed by atoms with E-state index in [0.29, 0.717) is 5.69 Å². The van der Waals surface area contributed by atoms with Crippen LogP contribution >= 0.6 is 0 Å². The van der Waals surface area contributed by atoms with E-state index in [4.69, 9.17) is 0 Å².